The third-order valence-electron chi connectivity index (χ3n) is 6.06. The van der Waals surface area contributed by atoms with Crippen molar-refractivity contribution in [3.63, 3.8) is 0 Å². The SMILES string of the molecule is CCN(Cc1ccccc1)C(=O)C1CCC(C(=O)NC2CCCC2)CC1. The van der Waals surface area contributed by atoms with E-state index in [1.54, 1.807) is 0 Å². The Balaban J connectivity index is 1.48. The van der Waals surface area contributed by atoms with Crippen LogP contribution in [-0.2, 0) is 16.1 Å². The molecule has 0 saturated heterocycles. The highest BCUT2D eigenvalue weighted by molar-refractivity contribution is 5.81. The minimum atomic E-state index is 0.0780. The lowest BCUT2D eigenvalue weighted by atomic mass is 9.80. The third kappa shape index (κ3) is 4.87. The van der Waals surface area contributed by atoms with Crippen molar-refractivity contribution in [1.82, 2.24) is 10.2 Å². The predicted molar refractivity (Wildman–Crippen MR) is 103 cm³/mol. The Bertz CT molecular complexity index is 587. The summed E-state index contributed by atoms with van der Waals surface area (Å²) in [6.07, 6.45) is 8.10. The second-order valence-electron chi connectivity index (χ2n) is 7.88. The van der Waals surface area contributed by atoms with Gasteiger partial charge in [-0.15, -0.1) is 0 Å². The molecular formula is C22H32N2O2. The third-order valence-corrected chi connectivity index (χ3v) is 6.06. The highest BCUT2D eigenvalue weighted by Crippen LogP contribution is 2.31. The Morgan fingerprint density at radius 1 is 0.962 bits per heavy atom. The zero-order chi connectivity index (χ0) is 18.4. The first kappa shape index (κ1) is 18.9. The molecule has 26 heavy (non-hydrogen) atoms. The van der Waals surface area contributed by atoms with Crippen molar-refractivity contribution in [3.05, 3.63) is 35.9 Å². The normalized spacial score (nSPS) is 23.6. The van der Waals surface area contributed by atoms with Crippen LogP contribution >= 0.6 is 0 Å². The first-order chi connectivity index (χ1) is 12.7. The Labute approximate surface area is 157 Å². The summed E-state index contributed by atoms with van der Waals surface area (Å²) in [4.78, 5) is 27.3. The fraction of sp³-hybridized carbons (Fsp3) is 0.636. The number of hydrogen-bond acceptors (Lipinski definition) is 2. The summed E-state index contributed by atoms with van der Waals surface area (Å²) in [5, 5.41) is 3.22. The average molecular weight is 357 g/mol. The lowest BCUT2D eigenvalue weighted by molar-refractivity contribution is -0.138. The largest absolute Gasteiger partial charge is 0.353 e. The van der Waals surface area contributed by atoms with E-state index < -0.39 is 0 Å². The lowest BCUT2D eigenvalue weighted by Crippen LogP contribution is -2.41. The lowest BCUT2D eigenvalue weighted by Gasteiger charge is -2.31. The van der Waals surface area contributed by atoms with Gasteiger partial charge >= 0.3 is 0 Å². The summed E-state index contributed by atoms with van der Waals surface area (Å²) in [5.41, 5.74) is 1.17. The number of nitrogens with one attached hydrogen (secondary N) is 1. The van der Waals surface area contributed by atoms with E-state index in [0.29, 0.717) is 12.6 Å². The van der Waals surface area contributed by atoms with Crippen molar-refractivity contribution in [2.75, 3.05) is 6.54 Å². The molecule has 1 aromatic carbocycles. The minimum absolute atomic E-state index is 0.0780. The van der Waals surface area contributed by atoms with Gasteiger partial charge in [0.1, 0.15) is 0 Å². The van der Waals surface area contributed by atoms with Crippen LogP contribution in [0.15, 0.2) is 30.3 Å². The molecule has 0 bridgehead atoms. The fourth-order valence-electron chi connectivity index (χ4n) is 4.40. The van der Waals surface area contributed by atoms with Gasteiger partial charge in [-0.25, -0.2) is 0 Å². The Morgan fingerprint density at radius 3 is 2.19 bits per heavy atom. The van der Waals surface area contributed by atoms with Gasteiger partial charge in [0.25, 0.3) is 0 Å². The molecule has 2 fully saturated rings. The molecule has 2 aliphatic rings. The molecule has 0 radical (unpaired) electrons. The van der Waals surface area contributed by atoms with Crippen LogP contribution in [0.25, 0.3) is 0 Å². The van der Waals surface area contributed by atoms with E-state index in [4.69, 9.17) is 0 Å². The number of benzene rings is 1. The van der Waals surface area contributed by atoms with Crippen LogP contribution in [0.4, 0.5) is 0 Å². The quantitative estimate of drug-likeness (QED) is 0.840. The van der Waals surface area contributed by atoms with Crippen LogP contribution in [0.3, 0.4) is 0 Å². The standard InChI is InChI=1S/C22H32N2O2/c1-2-24(16-17-8-4-3-5-9-17)22(26)19-14-12-18(13-15-19)21(25)23-20-10-6-7-11-20/h3-5,8-9,18-20H,2,6-7,10-16H2,1H3,(H,23,25). The Morgan fingerprint density at radius 2 is 1.58 bits per heavy atom. The van der Waals surface area contributed by atoms with Crippen LogP contribution in [0.5, 0.6) is 0 Å². The molecule has 3 rings (SSSR count). The zero-order valence-electron chi connectivity index (χ0n) is 16.0. The van der Waals surface area contributed by atoms with Crippen molar-refractivity contribution in [3.8, 4) is 0 Å². The van der Waals surface area contributed by atoms with Crippen LogP contribution in [0, 0.1) is 11.8 Å². The van der Waals surface area contributed by atoms with Gasteiger partial charge in [-0.3, -0.25) is 9.59 Å². The van der Waals surface area contributed by atoms with Crippen molar-refractivity contribution < 1.29 is 9.59 Å². The Kier molecular flexibility index (Phi) is 6.70. The molecule has 4 nitrogen and oxygen atoms in total. The first-order valence-electron chi connectivity index (χ1n) is 10.3. The Hall–Kier alpha value is -1.84. The van der Waals surface area contributed by atoms with Crippen molar-refractivity contribution >= 4 is 11.8 Å². The minimum Gasteiger partial charge on any atom is -0.353 e. The molecule has 2 aliphatic carbocycles. The molecule has 0 atom stereocenters. The molecule has 1 N–H and O–H groups in total. The van der Waals surface area contributed by atoms with Gasteiger partial charge in [-0.2, -0.15) is 0 Å². The summed E-state index contributed by atoms with van der Waals surface area (Å²) in [6.45, 7) is 3.45. The van der Waals surface area contributed by atoms with Crippen LogP contribution < -0.4 is 5.32 Å². The van der Waals surface area contributed by atoms with E-state index in [1.165, 1.54) is 18.4 Å². The maximum Gasteiger partial charge on any atom is 0.225 e. The van der Waals surface area contributed by atoms with Crippen LogP contribution in [0.1, 0.15) is 63.9 Å². The second-order valence-corrected chi connectivity index (χ2v) is 7.88. The van der Waals surface area contributed by atoms with E-state index in [-0.39, 0.29) is 23.7 Å². The number of amides is 2. The number of hydrogen-bond donors (Lipinski definition) is 1. The molecular weight excluding hydrogens is 324 g/mol. The maximum absolute atomic E-state index is 12.9. The van der Waals surface area contributed by atoms with Crippen molar-refractivity contribution in [1.29, 1.82) is 0 Å². The second kappa shape index (κ2) is 9.20. The summed E-state index contributed by atoms with van der Waals surface area (Å²) in [5.74, 6) is 0.656. The summed E-state index contributed by atoms with van der Waals surface area (Å²) >= 11 is 0. The van der Waals surface area contributed by atoms with Gasteiger partial charge in [0.15, 0.2) is 0 Å². The molecule has 142 valence electrons. The molecule has 4 heteroatoms. The molecule has 0 aromatic heterocycles. The van der Waals surface area contributed by atoms with Gasteiger partial charge in [0.05, 0.1) is 0 Å². The maximum atomic E-state index is 12.9. The number of carbonyl (C=O) groups is 2. The van der Waals surface area contributed by atoms with E-state index in [9.17, 15) is 9.59 Å². The average Bonchev–Trinajstić information content (AvgIpc) is 3.19. The van der Waals surface area contributed by atoms with Gasteiger partial charge in [-0.05, 0) is 51.0 Å². The van der Waals surface area contributed by atoms with E-state index in [1.807, 2.05) is 30.0 Å². The van der Waals surface area contributed by atoms with Gasteiger partial charge < -0.3 is 10.2 Å². The van der Waals surface area contributed by atoms with Crippen molar-refractivity contribution in [2.24, 2.45) is 11.8 Å². The topological polar surface area (TPSA) is 49.4 Å². The van der Waals surface area contributed by atoms with Crippen LogP contribution in [-0.4, -0.2) is 29.3 Å². The highest BCUT2D eigenvalue weighted by Gasteiger charge is 2.32. The fourth-order valence-corrected chi connectivity index (χ4v) is 4.40. The molecule has 0 aliphatic heterocycles. The van der Waals surface area contributed by atoms with Gasteiger partial charge in [0, 0.05) is 31.0 Å². The zero-order valence-corrected chi connectivity index (χ0v) is 16.0. The molecule has 1 aromatic rings. The number of carbonyl (C=O) groups excluding carboxylic acids is 2. The molecule has 0 spiro atoms. The monoisotopic (exact) mass is 356 g/mol. The first-order valence-corrected chi connectivity index (χ1v) is 10.3. The molecule has 0 heterocycles. The van der Waals surface area contributed by atoms with E-state index >= 15 is 0 Å². The van der Waals surface area contributed by atoms with E-state index in [2.05, 4.69) is 17.4 Å². The number of rotatable bonds is 6. The predicted octanol–water partition coefficient (Wildman–Crippen LogP) is 3.90. The molecule has 0 unspecified atom stereocenters. The summed E-state index contributed by atoms with van der Waals surface area (Å²) < 4.78 is 0. The molecule has 2 amide bonds. The summed E-state index contributed by atoms with van der Waals surface area (Å²) in [6, 6.07) is 10.6. The van der Waals surface area contributed by atoms with Gasteiger partial charge in [0.2, 0.25) is 11.8 Å². The van der Waals surface area contributed by atoms with Crippen LogP contribution in [0.2, 0.25) is 0 Å². The van der Waals surface area contributed by atoms with Gasteiger partial charge in [-0.1, -0.05) is 43.2 Å². The number of nitrogens with zero attached hydrogens (tertiary/aromatic N) is 1. The van der Waals surface area contributed by atoms with E-state index in [0.717, 1.165) is 45.1 Å². The van der Waals surface area contributed by atoms with Crippen molar-refractivity contribution in [2.45, 2.75) is 70.9 Å². The smallest absolute Gasteiger partial charge is 0.225 e. The summed E-state index contributed by atoms with van der Waals surface area (Å²) in [7, 11) is 0. The molecule has 2 saturated carbocycles. The highest BCUT2D eigenvalue weighted by atomic mass is 16.2.